The molecule has 0 atom stereocenters. The Bertz CT molecular complexity index is 889. The summed E-state index contributed by atoms with van der Waals surface area (Å²) in [7, 11) is 1.60. The number of anilines is 1. The highest BCUT2D eigenvalue weighted by Gasteiger charge is 2.33. The van der Waals surface area contributed by atoms with Crippen molar-refractivity contribution in [2.45, 2.75) is 20.4 Å². The Morgan fingerprint density at radius 3 is 2.43 bits per heavy atom. The summed E-state index contributed by atoms with van der Waals surface area (Å²) in [5.74, 6) is 0.309. The number of carbonyl (C=O) groups is 2. The van der Waals surface area contributed by atoms with Gasteiger partial charge in [-0.1, -0.05) is 30.3 Å². The van der Waals surface area contributed by atoms with E-state index in [1.807, 2.05) is 48.5 Å². The maximum atomic E-state index is 12.7. The average Bonchev–Trinajstić information content (AvgIpc) is 2.98. The van der Waals surface area contributed by atoms with Crippen LogP contribution in [-0.4, -0.2) is 37.0 Å². The van der Waals surface area contributed by atoms with Crippen LogP contribution in [0.2, 0.25) is 0 Å². The second-order valence-corrected chi connectivity index (χ2v) is 6.46. The predicted molar refractivity (Wildman–Crippen MR) is 110 cm³/mol. The van der Waals surface area contributed by atoms with E-state index < -0.39 is 6.03 Å². The van der Waals surface area contributed by atoms with Crippen LogP contribution < -0.4 is 15.0 Å². The van der Waals surface area contributed by atoms with Gasteiger partial charge in [-0.3, -0.25) is 9.69 Å². The molecule has 6 nitrogen and oxygen atoms in total. The molecule has 6 heteroatoms. The average molecular weight is 379 g/mol. The highest BCUT2D eigenvalue weighted by atomic mass is 16.5. The maximum Gasteiger partial charge on any atom is 0.329 e. The van der Waals surface area contributed by atoms with Crippen LogP contribution in [0.1, 0.15) is 25.0 Å². The minimum atomic E-state index is -0.418. The Labute approximate surface area is 165 Å². The van der Waals surface area contributed by atoms with Crippen LogP contribution in [0.5, 0.6) is 5.75 Å². The van der Waals surface area contributed by atoms with Gasteiger partial charge in [0.25, 0.3) is 5.91 Å². The van der Waals surface area contributed by atoms with Gasteiger partial charge < -0.3 is 15.0 Å². The number of nitrogens with one attached hydrogen (secondary N) is 1. The zero-order valence-electron chi connectivity index (χ0n) is 16.4. The molecule has 0 aliphatic carbocycles. The fourth-order valence-corrected chi connectivity index (χ4v) is 3.24. The summed E-state index contributed by atoms with van der Waals surface area (Å²) in [4.78, 5) is 28.4. The van der Waals surface area contributed by atoms with Crippen LogP contribution in [0.15, 0.2) is 54.2 Å². The number of ether oxygens (including phenoxy) is 1. The summed E-state index contributed by atoms with van der Waals surface area (Å²) in [6, 6.07) is 14.9. The van der Waals surface area contributed by atoms with E-state index >= 15 is 0 Å². The van der Waals surface area contributed by atoms with Crippen LogP contribution in [0.25, 0.3) is 6.08 Å². The fourth-order valence-electron chi connectivity index (χ4n) is 3.24. The SMILES string of the molecule is CCN(CC)c1ccc(C=C2NC(=O)N(Cc3ccccc3)C2=O)c(OC)c1. The number of nitrogens with zero attached hydrogens (tertiary/aromatic N) is 2. The zero-order chi connectivity index (χ0) is 20.1. The van der Waals surface area contributed by atoms with E-state index in [1.165, 1.54) is 4.90 Å². The Hall–Kier alpha value is -3.28. The van der Waals surface area contributed by atoms with Crippen molar-refractivity contribution >= 4 is 23.7 Å². The summed E-state index contributed by atoms with van der Waals surface area (Å²) in [6.45, 7) is 6.22. The largest absolute Gasteiger partial charge is 0.496 e. The molecule has 2 aromatic rings. The summed E-state index contributed by atoms with van der Waals surface area (Å²) < 4.78 is 5.51. The summed E-state index contributed by atoms with van der Waals surface area (Å²) >= 11 is 0. The number of hydrogen-bond acceptors (Lipinski definition) is 4. The molecule has 146 valence electrons. The molecule has 1 aliphatic heterocycles. The van der Waals surface area contributed by atoms with Crippen molar-refractivity contribution in [1.29, 1.82) is 0 Å². The van der Waals surface area contributed by atoms with Crippen molar-refractivity contribution in [3.05, 3.63) is 65.4 Å². The second-order valence-electron chi connectivity index (χ2n) is 6.46. The van der Waals surface area contributed by atoms with Gasteiger partial charge in [0.2, 0.25) is 0 Å². The lowest BCUT2D eigenvalue weighted by molar-refractivity contribution is -0.123. The molecule has 28 heavy (non-hydrogen) atoms. The number of amides is 3. The molecule has 0 radical (unpaired) electrons. The minimum Gasteiger partial charge on any atom is -0.496 e. The van der Waals surface area contributed by atoms with Crippen LogP contribution in [0.3, 0.4) is 0 Å². The molecule has 1 aliphatic rings. The van der Waals surface area contributed by atoms with Crippen LogP contribution in [-0.2, 0) is 11.3 Å². The van der Waals surface area contributed by atoms with E-state index in [1.54, 1.807) is 13.2 Å². The summed E-state index contributed by atoms with van der Waals surface area (Å²) in [5, 5.41) is 2.67. The Balaban J connectivity index is 1.85. The number of benzene rings is 2. The number of carbonyl (C=O) groups excluding carboxylic acids is 2. The van der Waals surface area contributed by atoms with Gasteiger partial charge in [0, 0.05) is 30.4 Å². The van der Waals surface area contributed by atoms with Crippen molar-refractivity contribution in [2.75, 3.05) is 25.1 Å². The van der Waals surface area contributed by atoms with E-state index in [9.17, 15) is 9.59 Å². The van der Waals surface area contributed by atoms with Crippen molar-refractivity contribution in [3.63, 3.8) is 0 Å². The van der Waals surface area contributed by atoms with Gasteiger partial charge in [0.1, 0.15) is 11.4 Å². The molecule has 3 amide bonds. The van der Waals surface area contributed by atoms with E-state index in [0.29, 0.717) is 5.75 Å². The van der Waals surface area contributed by atoms with Gasteiger partial charge >= 0.3 is 6.03 Å². The molecule has 0 bridgehead atoms. The van der Waals surface area contributed by atoms with Gasteiger partial charge in [0.15, 0.2) is 0 Å². The van der Waals surface area contributed by atoms with E-state index in [4.69, 9.17) is 4.74 Å². The normalized spacial score (nSPS) is 15.1. The Morgan fingerprint density at radius 2 is 1.79 bits per heavy atom. The van der Waals surface area contributed by atoms with Gasteiger partial charge in [-0.15, -0.1) is 0 Å². The third-order valence-electron chi connectivity index (χ3n) is 4.79. The molecular weight excluding hydrogens is 354 g/mol. The van der Waals surface area contributed by atoms with Crippen LogP contribution in [0, 0.1) is 0 Å². The molecule has 1 heterocycles. The molecule has 1 saturated heterocycles. The summed E-state index contributed by atoms with van der Waals surface area (Å²) in [6.07, 6.45) is 1.66. The lowest BCUT2D eigenvalue weighted by Gasteiger charge is -2.22. The van der Waals surface area contributed by atoms with Crippen molar-refractivity contribution in [3.8, 4) is 5.75 Å². The lowest BCUT2D eigenvalue weighted by atomic mass is 10.1. The molecule has 0 saturated carbocycles. The quantitative estimate of drug-likeness (QED) is 0.589. The van der Waals surface area contributed by atoms with Gasteiger partial charge in [0.05, 0.1) is 13.7 Å². The first kappa shape index (κ1) is 19.5. The minimum absolute atomic E-state index is 0.237. The number of hydrogen-bond donors (Lipinski definition) is 1. The Kier molecular flexibility index (Phi) is 5.99. The number of methoxy groups -OCH3 is 1. The molecule has 0 spiro atoms. The first-order valence-electron chi connectivity index (χ1n) is 9.38. The van der Waals surface area contributed by atoms with Crippen molar-refractivity contribution in [2.24, 2.45) is 0 Å². The molecule has 3 rings (SSSR count). The number of imide groups is 1. The van der Waals surface area contributed by atoms with Crippen molar-refractivity contribution < 1.29 is 14.3 Å². The molecule has 1 fully saturated rings. The first-order chi connectivity index (χ1) is 13.6. The third kappa shape index (κ3) is 4.01. The van der Waals surface area contributed by atoms with E-state index in [-0.39, 0.29) is 18.1 Å². The maximum absolute atomic E-state index is 12.7. The fraction of sp³-hybridized carbons (Fsp3) is 0.273. The topological polar surface area (TPSA) is 61.9 Å². The lowest BCUT2D eigenvalue weighted by Crippen LogP contribution is -2.30. The molecule has 1 N–H and O–H groups in total. The first-order valence-corrected chi connectivity index (χ1v) is 9.38. The number of urea groups is 1. The second kappa shape index (κ2) is 8.61. The monoisotopic (exact) mass is 379 g/mol. The summed E-state index contributed by atoms with van der Waals surface area (Å²) in [5.41, 5.74) is 2.93. The highest BCUT2D eigenvalue weighted by Crippen LogP contribution is 2.28. The van der Waals surface area contributed by atoms with Gasteiger partial charge in [-0.05, 0) is 37.6 Å². The molecular formula is C22H25N3O3. The van der Waals surface area contributed by atoms with Gasteiger partial charge in [-0.2, -0.15) is 0 Å². The van der Waals surface area contributed by atoms with Crippen LogP contribution in [0.4, 0.5) is 10.5 Å². The standard InChI is InChI=1S/C22H25N3O3/c1-4-24(5-2)18-12-11-17(20(14-18)28-3)13-19-21(26)25(22(27)23-19)15-16-9-7-6-8-10-16/h6-14H,4-5,15H2,1-3H3,(H,23,27). The zero-order valence-corrected chi connectivity index (χ0v) is 16.4. The molecule has 0 aromatic heterocycles. The molecule has 2 aromatic carbocycles. The highest BCUT2D eigenvalue weighted by molar-refractivity contribution is 6.14. The van der Waals surface area contributed by atoms with Gasteiger partial charge in [-0.25, -0.2) is 4.79 Å². The molecule has 0 unspecified atom stereocenters. The van der Waals surface area contributed by atoms with Crippen LogP contribution >= 0.6 is 0 Å². The van der Waals surface area contributed by atoms with E-state index in [0.717, 1.165) is 29.9 Å². The van der Waals surface area contributed by atoms with E-state index in [2.05, 4.69) is 24.1 Å². The van der Waals surface area contributed by atoms with Crippen molar-refractivity contribution in [1.82, 2.24) is 10.2 Å². The smallest absolute Gasteiger partial charge is 0.329 e. The number of rotatable bonds is 7. The predicted octanol–water partition coefficient (Wildman–Crippen LogP) is 3.63. The Morgan fingerprint density at radius 1 is 1.07 bits per heavy atom. The third-order valence-corrected chi connectivity index (χ3v) is 4.79.